The molecular formula is C32H35N9O3S. The number of carbonyl (C=O) groups excluding carboxylic acids is 2. The number of morpholine rings is 1. The van der Waals surface area contributed by atoms with Crippen LogP contribution in [0.1, 0.15) is 30.5 Å². The Bertz CT molecular complexity index is 1850. The van der Waals surface area contributed by atoms with Crippen LogP contribution < -0.4 is 4.90 Å². The lowest BCUT2D eigenvalue weighted by Crippen LogP contribution is -2.48. The largest absolute Gasteiger partial charge is 0.378 e. The number of H-pyrrole nitrogens is 2. The second kappa shape index (κ2) is 12.9. The lowest BCUT2D eigenvalue weighted by Gasteiger charge is -2.34. The van der Waals surface area contributed by atoms with Crippen molar-refractivity contribution in [2.75, 3.05) is 57.4 Å². The van der Waals surface area contributed by atoms with Gasteiger partial charge in [0, 0.05) is 86.9 Å². The van der Waals surface area contributed by atoms with Crippen LogP contribution in [0.5, 0.6) is 0 Å². The van der Waals surface area contributed by atoms with Crippen molar-refractivity contribution in [3.8, 4) is 11.4 Å². The second-order valence-electron chi connectivity index (χ2n) is 11.4. The highest BCUT2D eigenvalue weighted by molar-refractivity contribution is 7.19. The summed E-state index contributed by atoms with van der Waals surface area (Å²) in [6, 6.07) is 8.24. The summed E-state index contributed by atoms with van der Waals surface area (Å²) >= 11 is 1.74. The van der Waals surface area contributed by atoms with Gasteiger partial charge in [-0.05, 0) is 30.7 Å². The Morgan fingerprint density at radius 3 is 2.71 bits per heavy atom. The molecule has 1 amide bonds. The van der Waals surface area contributed by atoms with Crippen molar-refractivity contribution in [1.82, 2.24) is 39.9 Å². The normalized spacial score (nSPS) is 16.6. The van der Waals surface area contributed by atoms with Crippen molar-refractivity contribution >= 4 is 56.0 Å². The number of aromatic amines is 2. The van der Waals surface area contributed by atoms with Crippen LogP contribution in [-0.2, 0) is 20.9 Å². The highest BCUT2D eigenvalue weighted by atomic mass is 32.1. The molecular weight excluding hydrogens is 590 g/mol. The molecule has 45 heavy (non-hydrogen) atoms. The summed E-state index contributed by atoms with van der Waals surface area (Å²) < 4.78 is 6.72. The Labute approximate surface area is 264 Å². The molecule has 1 aromatic carbocycles. The number of piperazine rings is 1. The van der Waals surface area contributed by atoms with E-state index >= 15 is 0 Å². The number of amides is 1. The minimum absolute atomic E-state index is 0.0289. The summed E-state index contributed by atoms with van der Waals surface area (Å²) in [6.45, 7) is 8.33. The van der Waals surface area contributed by atoms with Gasteiger partial charge in [0.15, 0.2) is 17.4 Å². The topological polar surface area (TPSA) is 136 Å². The monoisotopic (exact) mass is 625 g/mol. The van der Waals surface area contributed by atoms with Crippen LogP contribution in [0.2, 0.25) is 0 Å². The summed E-state index contributed by atoms with van der Waals surface area (Å²) in [5, 5.41) is 8.27. The van der Waals surface area contributed by atoms with Gasteiger partial charge < -0.3 is 19.5 Å². The van der Waals surface area contributed by atoms with Gasteiger partial charge in [-0.3, -0.25) is 19.6 Å². The molecule has 2 N–H and O–H groups in total. The first-order valence-corrected chi connectivity index (χ1v) is 16.1. The number of aromatic nitrogens is 6. The zero-order valence-corrected chi connectivity index (χ0v) is 26.0. The fraction of sp³-hybridized carbons (Fsp3) is 0.375. The summed E-state index contributed by atoms with van der Waals surface area (Å²) in [5.74, 6) is 2.28. The van der Waals surface area contributed by atoms with E-state index in [9.17, 15) is 9.59 Å². The zero-order chi connectivity index (χ0) is 30.8. The highest BCUT2D eigenvalue weighted by Crippen LogP contribution is 2.36. The number of anilines is 1. The molecule has 0 spiro atoms. The molecule has 6 heterocycles. The number of ketones is 1. The third-order valence-electron chi connectivity index (χ3n) is 8.42. The van der Waals surface area contributed by atoms with Crippen LogP contribution in [0, 0.1) is 0 Å². The summed E-state index contributed by atoms with van der Waals surface area (Å²) in [4.78, 5) is 50.5. The zero-order valence-electron chi connectivity index (χ0n) is 25.2. The lowest BCUT2D eigenvalue weighted by molar-refractivity contribution is -0.134. The van der Waals surface area contributed by atoms with E-state index in [1.54, 1.807) is 36.7 Å². The SMILES string of the molecule is CC(=Cc1ncc[nH]1)C(=O)CCC(=O)N1CCN(Cc2cc3nc(-c4cccc5[nH]ncc45)nc(N4CCOCC4)c3s2)CC1. The van der Waals surface area contributed by atoms with Gasteiger partial charge in [0.1, 0.15) is 5.82 Å². The average molecular weight is 626 g/mol. The maximum Gasteiger partial charge on any atom is 0.223 e. The standard InChI is InChI=1S/C32H35N9O3S/c1-21(17-28-33-7-8-34-28)27(42)5-6-29(43)40-11-9-39(10-12-40)20-22-18-26-30(45-22)32(41-13-15-44-16-14-41)37-31(36-26)23-3-2-4-25-24(23)19-35-38-25/h2-4,7-8,17-19H,5-6,9-16,20H2,1H3,(H,33,34)(H,35,38). The van der Waals surface area contributed by atoms with Gasteiger partial charge in [-0.2, -0.15) is 5.10 Å². The number of allylic oxidation sites excluding steroid dienone is 1. The molecule has 2 fully saturated rings. The molecule has 4 aromatic heterocycles. The Kier molecular flexibility index (Phi) is 8.37. The van der Waals surface area contributed by atoms with Gasteiger partial charge in [-0.15, -0.1) is 11.3 Å². The second-order valence-corrected chi connectivity index (χ2v) is 12.6. The molecule has 232 valence electrons. The van der Waals surface area contributed by atoms with Crippen LogP contribution in [0.15, 0.2) is 48.4 Å². The quantitative estimate of drug-likeness (QED) is 0.234. The number of rotatable bonds is 9. The number of fused-ring (bicyclic) bond motifs is 2. The molecule has 5 aromatic rings. The number of imidazole rings is 1. The van der Waals surface area contributed by atoms with Crippen LogP contribution in [0.3, 0.4) is 0 Å². The lowest BCUT2D eigenvalue weighted by atomic mass is 10.1. The first-order chi connectivity index (χ1) is 22.0. The Morgan fingerprint density at radius 1 is 1.07 bits per heavy atom. The van der Waals surface area contributed by atoms with E-state index in [0.717, 1.165) is 65.2 Å². The number of Topliss-reactive ketones (excluding diaryl/α,β-unsaturated/α-hetero) is 1. The maximum atomic E-state index is 12.9. The third-order valence-corrected chi connectivity index (χ3v) is 9.53. The number of hydrogen-bond donors (Lipinski definition) is 2. The first kappa shape index (κ1) is 29.3. The number of ether oxygens (including phenoxy) is 1. The summed E-state index contributed by atoms with van der Waals surface area (Å²) in [6.07, 6.45) is 7.32. The Morgan fingerprint density at radius 2 is 1.91 bits per heavy atom. The molecule has 2 aliphatic heterocycles. The van der Waals surface area contributed by atoms with Gasteiger partial charge in [-0.25, -0.2) is 15.0 Å². The molecule has 0 unspecified atom stereocenters. The third kappa shape index (κ3) is 6.37. The van der Waals surface area contributed by atoms with E-state index in [4.69, 9.17) is 14.7 Å². The highest BCUT2D eigenvalue weighted by Gasteiger charge is 2.24. The number of hydrogen-bond acceptors (Lipinski definition) is 10. The molecule has 2 saturated heterocycles. The van der Waals surface area contributed by atoms with Crippen LogP contribution in [0.4, 0.5) is 5.82 Å². The predicted octanol–water partition coefficient (Wildman–Crippen LogP) is 3.89. The molecule has 0 saturated carbocycles. The summed E-state index contributed by atoms with van der Waals surface area (Å²) in [5.41, 5.74) is 3.45. The summed E-state index contributed by atoms with van der Waals surface area (Å²) in [7, 11) is 0. The van der Waals surface area contributed by atoms with Crippen molar-refractivity contribution < 1.29 is 14.3 Å². The molecule has 0 radical (unpaired) electrons. The fourth-order valence-corrected chi connectivity index (χ4v) is 7.06. The molecule has 0 aliphatic carbocycles. The van der Waals surface area contributed by atoms with E-state index < -0.39 is 0 Å². The van der Waals surface area contributed by atoms with E-state index in [1.165, 1.54) is 4.88 Å². The first-order valence-electron chi connectivity index (χ1n) is 15.3. The molecule has 13 heteroatoms. The van der Waals surface area contributed by atoms with Gasteiger partial charge in [-0.1, -0.05) is 12.1 Å². The van der Waals surface area contributed by atoms with Crippen molar-refractivity contribution in [3.63, 3.8) is 0 Å². The van der Waals surface area contributed by atoms with Gasteiger partial charge in [0.25, 0.3) is 0 Å². The number of thiophene rings is 1. The van der Waals surface area contributed by atoms with Gasteiger partial charge >= 0.3 is 0 Å². The molecule has 0 bridgehead atoms. The van der Waals surface area contributed by atoms with E-state index in [0.29, 0.717) is 43.5 Å². The number of nitrogens with one attached hydrogen (secondary N) is 2. The smallest absolute Gasteiger partial charge is 0.223 e. The maximum absolute atomic E-state index is 12.9. The number of nitrogens with zero attached hydrogens (tertiary/aromatic N) is 7. The molecule has 2 aliphatic rings. The van der Waals surface area contributed by atoms with Crippen molar-refractivity contribution in [2.45, 2.75) is 26.3 Å². The van der Waals surface area contributed by atoms with Crippen molar-refractivity contribution in [3.05, 3.63) is 59.1 Å². The van der Waals surface area contributed by atoms with Crippen molar-refractivity contribution in [2.24, 2.45) is 0 Å². The van der Waals surface area contributed by atoms with Gasteiger partial charge in [0.05, 0.1) is 35.1 Å². The van der Waals surface area contributed by atoms with Gasteiger partial charge in [0.2, 0.25) is 5.91 Å². The fourth-order valence-electron chi connectivity index (χ4n) is 5.91. The Hall–Kier alpha value is -4.46. The molecule has 0 atom stereocenters. The Balaban J connectivity index is 1.02. The average Bonchev–Trinajstić information content (AvgIpc) is 3.85. The van der Waals surface area contributed by atoms with Crippen LogP contribution >= 0.6 is 11.3 Å². The number of carbonyl (C=O) groups is 2. The van der Waals surface area contributed by atoms with E-state index in [1.807, 2.05) is 29.3 Å². The van der Waals surface area contributed by atoms with Crippen molar-refractivity contribution in [1.29, 1.82) is 0 Å². The minimum atomic E-state index is -0.0349. The van der Waals surface area contributed by atoms with Crippen LogP contribution in [-0.4, -0.2) is 104 Å². The van der Waals surface area contributed by atoms with E-state index in [-0.39, 0.29) is 24.5 Å². The molecule has 7 rings (SSSR count). The van der Waals surface area contributed by atoms with E-state index in [2.05, 4.69) is 36.0 Å². The van der Waals surface area contributed by atoms with Crippen LogP contribution in [0.25, 0.3) is 38.6 Å². The predicted molar refractivity (Wildman–Crippen MR) is 174 cm³/mol. The minimum Gasteiger partial charge on any atom is -0.378 e. The molecule has 12 nitrogen and oxygen atoms in total. The number of benzene rings is 1.